The van der Waals surface area contributed by atoms with E-state index in [4.69, 9.17) is 0 Å². The minimum Gasteiger partial charge on any atom is -0.179 e. The first kappa shape index (κ1) is 13.2. The molecule has 0 radical (unpaired) electrons. The Morgan fingerprint density at radius 3 is 2.62 bits per heavy atom. The van der Waals surface area contributed by atoms with Gasteiger partial charge in [-0.05, 0) is 5.75 Å². The molecule has 1 heterocycles. The lowest BCUT2D eigenvalue weighted by atomic mass is 10.9. The van der Waals surface area contributed by atoms with Crippen LogP contribution < -0.4 is 0 Å². The molecule has 0 aromatic heterocycles. The summed E-state index contributed by atoms with van der Waals surface area (Å²) in [6.45, 7) is 0. The molecule has 0 aliphatic carbocycles. The van der Waals surface area contributed by atoms with Crippen LogP contribution in [0.3, 0.4) is 0 Å². The third kappa shape index (κ3) is 7.06. The summed E-state index contributed by atoms with van der Waals surface area (Å²) in [6.07, 6.45) is 0. The molecular weight excluding hydrogens is 276 g/mol. The topological polar surface area (TPSA) is 0 Å². The smallest absolute Gasteiger partial charge is 0.0972 e. The zero-order chi connectivity index (χ0) is 9.36. The van der Waals surface area contributed by atoms with Crippen LogP contribution in [-0.2, 0) is 0 Å². The van der Waals surface area contributed by atoms with Gasteiger partial charge in [-0.15, -0.1) is 47.0 Å². The lowest BCUT2D eigenvalue weighted by Crippen LogP contribution is -2.00. The van der Waals surface area contributed by atoms with Crippen LogP contribution in [0.1, 0.15) is 0 Å². The van der Waals surface area contributed by atoms with E-state index in [1.807, 2.05) is 23.5 Å². The highest BCUT2D eigenvalue weighted by atomic mass is 32.3. The molecule has 0 bridgehead atoms. The molecule has 0 nitrogen and oxygen atoms in total. The molecule has 1 aliphatic rings. The molecule has 78 valence electrons. The van der Waals surface area contributed by atoms with Gasteiger partial charge in [0.2, 0.25) is 0 Å². The number of thioether (sulfide) groups is 5. The van der Waals surface area contributed by atoms with E-state index in [9.17, 15) is 0 Å². The number of hydrogen-bond donors (Lipinski definition) is 1. The van der Waals surface area contributed by atoms with Gasteiger partial charge in [0.1, 0.15) is 0 Å². The van der Waals surface area contributed by atoms with Crippen molar-refractivity contribution in [3.05, 3.63) is 0 Å². The van der Waals surface area contributed by atoms with Crippen LogP contribution in [0.4, 0.5) is 0 Å². The van der Waals surface area contributed by atoms with E-state index in [0.29, 0.717) is 0 Å². The van der Waals surface area contributed by atoms with Crippen molar-refractivity contribution in [3.63, 3.8) is 0 Å². The predicted molar refractivity (Wildman–Crippen MR) is 79.9 cm³/mol. The van der Waals surface area contributed by atoms with Crippen LogP contribution in [-0.4, -0.2) is 37.1 Å². The maximum absolute atomic E-state index is 4.19. The highest BCUT2D eigenvalue weighted by Gasteiger charge is 2.14. The third-order valence-corrected chi connectivity index (χ3v) is 9.19. The zero-order valence-electron chi connectivity index (χ0n) is 7.31. The molecule has 0 unspecified atom stereocenters. The summed E-state index contributed by atoms with van der Waals surface area (Å²) >= 11 is 14.5. The van der Waals surface area contributed by atoms with Crippen LogP contribution in [0.15, 0.2) is 0 Å². The van der Waals surface area contributed by atoms with E-state index < -0.39 is 0 Å². The van der Waals surface area contributed by atoms with Gasteiger partial charge in [0.15, 0.2) is 0 Å². The standard InChI is InChI=1S/C7H14S6/c8-1-2-9-3-4-11-7-12-5-10-6-13-7/h7-8H,1-6H2. The first-order valence-corrected chi connectivity index (χ1v) is 10.1. The molecule has 0 amide bonds. The molecule has 0 saturated carbocycles. The van der Waals surface area contributed by atoms with Gasteiger partial charge < -0.3 is 0 Å². The number of hydrogen-bond acceptors (Lipinski definition) is 6. The molecule has 1 saturated heterocycles. The highest BCUT2D eigenvalue weighted by molar-refractivity contribution is 8.40. The summed E-state index contributed by atoms with van der Waals surface area (Å²) in [7, 11) is 0. The van der Waals surface area contributed by atoms with Gasteiger partial charge in [0, 0.05) is 27.4 Å². The van der Waals surface area contributed by atoms with Crippen molar-refractivity contribution in [2.45, 2.75) is 3.91 Å². The van der Waals surface area contributed by atoms with Crippen LogP contribution in [0.5, 0.6) is 0 Å². The maximum atomic E-state index is 4.19. The molecule has 1 rings (SSSR count). The van der Waals surface area contributed by atoms with E-state index in [1.165, 1.54) is 27.4 Å². The van der Waals surface area contributed by atoms with Crippen molar-refractivity contribution in [2.24, 2.45) is 0 Å². The Kier molecular flexibility index (Phi) is 9.45. The normalized spacial score (nSPS) is 19.2. The Morgan fingerprint density at radius 1 is 1.15 bits per heavy atom. The minimum atomic E-state index is 0.804. The van der Waals surface area contributed by atoms with Crippen LogP contribution >= 0.6 is 71.4 Å². The maximum Gasteiger partial charge on any atom is 0.0972 e. The van der Waals surface area contributed by atoms with Gasteiger partial charge in [-0.25, -0.2) is 0 Å². The predicted octanol–water partition coefficient (Wildman–Crippen LogP) is 3.79. The molecule has 0 aromatic carbocycles. The molecular formula is C7H14S6. The van der Waals surface area contributed by atoms with Gasteiger partial charge in [0.05, 0.1) is 3.91 Å². The van der Waals surface area contributed by atoms with Crippen molar-refractivity contribution in [1.82, 2.24) is 0 Å². The fraction of sp³-hybridized carbons (Fsp3) is 1.00. The lowest BCUT2D eigenvalue weighted by Gasteiger charge is -2.19. The summed E-state index contributed by atoms with van der Waals surface area (Å²) in [5, 5.41) is 2.57. The van der Waals surface area contributed by atoms with Gasteiger partial charge in [0.25, 0.3) is 0 Å². The molecule has 0 spiro atoms. The van der Waals surface area contributed by atoms with Crippen LogP contribution in [0, 0.1) is 0 Å². The fourth-order valence-corrected chi connectivity index (χ4v) is 8.80. The fourth-order valence-electron chi connectivity index (χ4n) is 0.756. The molecule has 1 fully saturated rings. The lowest BCUT2D eigenvalue weighted by molar-refractivity contribution is 1.49. The van der Waals surface area contributed by atoms with Gasteiger partial charge in [-0.1, -0.05) is 0 Å². The quantitative estimate of drug-likeness (QED) is 0.582. The van der Waals surface area contributed by atoms with E-state index in [0.717, 1.165) is 9.67 Å². The van der Waals surface area contributed by atoms with E-state index in [1.54, 1.807) is 0 Å². The first-order valence-electron chi connectivity index (χ1n) is 4.04. The Labute approximate surface area is 108 Å². The van der Waals surface area contributed by atoms with Crippen molar-refractivity contribution >= 4 is 71.4 Å². The zero-order valence-corrected chi connectivity index (χ0v) is 12.3. The Hall–Kier alpha value is 2.10. The first-order chi connectivity index (χ1) is 6.43. The molecule has 13 heavy (non-hydrogen) atoms. The molecule has 0 aromatic rings. The largest absolute Gasteiger partial charge is 0.179 e. The minimum absolute atomic E-state index is 0.804. The van der Waals surface area contributed by atoms with Crippen molar-refractivity contribution < 1.29 is 0 Å². The van der Waals surface area contributed by atoms with E-state index in [-0.39, 0.29) is 0 Å². The second kappa shape index (κ2) is 9.33. The molecule has 0 atom stereocenters. The Bertz CT molecular complexity index is 114. The van der Waals surface area contributed by atoms with Crippen molar-refractivity contribution in [1.29, 1.82) is 0 Å². The molecule has 1 aliphatic heterocycles. The summed E-state index contributed by atoms with van der Waals surface area (Å²) in [6, 6.07) is 0. The number of thiol groups is 1. The Morgan fingerprint density at radius 2 is 1.92 bits per heavy atom. The van der Waals surface area contributed by atoms with E-state index >= 15 is 0 Å². The van der Waals surface area contributed by atoms with Crippen molar-refractivity contribution in [3.8, 4) is 0 Å². The van der Waals surface area contributed by atoms with Gasteiger partial charge in [-0.2, -0.15) is 24.4 Å². The van der Waals surface area contributed by atoms with Crippen LogP contribution in [0.2, 0.25) is 0 Å². The third-order valence-electron chi connectivity index (χ3n) is 1.29. The second-order valence-corrected chi connectivity index (χ2v) is 9.95. The van der Waals surface area contributed by atoms with Gasteiger partial charge in [-0.3, -0.25) is 0 Å². The monoisotopic (exact) mass is 290 g/mol. The van der Waals surface area contributed by atoms with Crippen molar-refractivity contribution in [2.75, 3.05) is 33.2 Å². The highest BCUT2D eigenvalue weighted by Crippen LogP contribution is 2.42. The molecule has 6 heteroatoms. The number of rotatable bonds is 6. The summed E-state index contributed by atoms with van der Waals surface area (Å²) in [5.74, 6) is 4.80. The summed E-state index contributed by atoms with van der Waals surface area (Å²) in [4.78, 5) is 0. The second-order valence-electron chi connectivity index (χ2n) is 2.27. The average molecular weight is 291 g/mol. The summed E-state index contributed by atoms with van der Waals surface area (Å²) < 4.78 is 0.804. The SMILES string of the molecule is SCCSCCSC1SCSCS1. The van der Waals surface area contributed by atoms with E-state index in [2.05, 4.69) is 47.9 Å². The Balaban J connectivity index is 1.86. The van der Waals surface area contributed by atoms with Gasteiger partial charge >= 0.3 is 0 Å². The summed E-state index contributed by atoms with van der Waals surface area (Å²) in [5.41, 5.74) is 0. The van der Waals surface area contributed by atoms with Crippen LogP contribution in [0.25, 0.3) is 0 Å². The molecule has 0 N–H and O–H groups in total. The average Bonchev–Trinajstić information content (AvgIpc) is 2.19.